The zero-order valence-electron chi connectivity index (χ0n) is 17.5. The third-order valence-corrected chi connectivity index (χ3v) is 4.74. The second-order valence-corrected chi connectivity index (χ2v) is 9.26. The van der Waals surface area contributed by atoms with Crippen LogP contribution in [-0.2, 0) is 16.1 Å². The highest BCUT2D eigenvalue weighted by molar-refractivity contribution is 14.1. The van der Waals surface area contributed by atoms with E-state index < -0.39 is 29.7 Å². The van der Waals surface area contributed by atoms with Gasteiger partial charge in [-0.2, -0.15) is 0 Å². The van der Waals surface area contributed by atoms with E-state index in [9.17, 15) is 14.7 Å². The third kappa shape index (κ3) is 7.49. The van der Waals surface area contributed by atoms with Gasteiger partial charge in [-0.25, -0.2) is 4.79 Å². The number of aliphatic hydroxyl groups excluding tert-OH is 1. The molecule has 7 nitrogen and oxygen atoms in total. The van der Waals surface area contributed by atoms with E-state index in [1.54, 1.807) is 45.0 Å². The lowest BCUT2D eigenvalue weighted by atomic mass is 10.0. The molecule has 3 N–H and O–H groups in total. The minimum Gasteiger partial charge on any atom is -0.489 e. The molecule has 0 bridgehead atoms. The molecular weight excluding hydrogens is 499 g/mol. The Morgan fingerprint density at radius 2 is 1.60 bits per heavy atom. The molecule has 2 rings (SSSR count). The molecule has 0 heterocycles. The molecule has 0 aliphatic carbocycles. The Labute approximate surface area is 190 Å². The summed E-state index contributed by atoms with van der Waals surface area (Å²) in [5, 5.41) is 14.8. The summed E-state index contributed by atoms with van der Waals surface area (Å²) in [4.78, 5) is 24.6. The first-order valence-electron chi connectivity index (χ1n) is 9.41. The molecule has 0 spiro atoms. The van der Waals surface area contributed by atoms with Gasteiger partial charge in [0.2, 0.25) is 0 Å². The van der Waals surface area contributed by atoms with E-state index in [1.165, 1.54) is 6.92 Å². The van der Waals surface area contributed by atoms with E-state index in [0.717, 1.165) is 9.13 Å². The number of anilines is 1. The van der Waals surface area contributed by atoms with Crippen LogP contribution in [0.3, 0.4) is 0 Å². The van der Waals surface area contributed by atoms with Crippen LogP contribution in [-0.4, -0.2) is 34.9 Å². The van der Waals surface area contributed by atoms with Gasteiger partial charge in [0, 0.05) is 9.26 Å². The smallest absolute Gasteiger partial charge is 0.408 e. The SMILES string of the molecule is CC(C)(C)OC(=O)NC(C)(CO)C(=O)Nc1ccc(OCc2ccc(I)cc2)cc1. The maximum atomic E-state index is 12.6. The van der Waals surface area contributed by atoms with Crippen molar-refractivity contribution in [1.29, 1.82) is 0 Å². The fraction of sp³-hybridized carbons (Fsp3) is 0.364. The van der Waals surface area contributed by atoms with Crippen LogP contribution in [0.15, 0.2) is 48.5 Å². The topological polar surface area (TPSA) is 96.9 Å². The number of aliphatic hydroxyl groups is 1. The number of amides is 2. The summed E-state index contributed by atoms with van der Waals surface area (Å²) in [6, 6.07) is 14.9. The standard InChI is InChI=1S/C22H27IN2O5/c1-21(2,3)30-20(28)25-22(4,14-26)19(27)24-17-9-11-18(12-10-17)29-13-15-5-7-16(23)8-6-15/h5-12,26H,13-14H2,1-4H3,(H,24,27)(H,25,28). The molecule has 0 saturated heterocycles. The molecular formula is C22H27IN2O5. The number of ether oxygens (including phenoxy) is 2. The lowest BCUT2D eigenvalue weighted by Gasteiger charge is -2.29. The summed E-state index contributed by atoms with van der Waals surface area (Å²) < 4.78 is 12.1. The molecule has 0 aliphatic rings. The molecule has 0 saturated carbocycles. The van der Waals surface area contributed by atoms with Crippen molar-refractivity contribution in [2.24, 2.45) is 0 Å². The zero-order valence-corrected chi connectivity index (χ0v) is 19.6. The number of hydrogen-bond acceptors (Lipinski definition) is 5. The first-order chi connectivity index (χ1) is 14.0. The highest BCUT2D eigenvalue weighted by atomic mass is 127. The third-order valence-electron chi connectivity index (χ3n) is 4.03. The number of hydrogen-bond donors (Lipinski definition) is 3. The van der Waals surface area contributed by atoms with Gasteiger partial charge in [0.05, 0.1) is 6.61 Å². The van der Waals surface area contributed by atoms with Gasteiger partial charge in [0.15, 0.2) is 0 Å². The monoisotopic (exact) mass is 526 g/mol. The van der Waals surface area contributed by atoms with Gasteiger partial charge in [-0.3, -0.25) is 4.79 Å². The lowest BCUT2D eigenvalue weighted by Crippen LogP contribution is -2.58. The van der Waals surface area contributed by atoms with Gasteiger partial charge in [0.1, 0.15) is 23.5 Å². The maximum Gasteiger partial charge on any atom is 0.408 e. The molecule has 2 aromatic rings. The molecule has 8 heteroatoms. The average Bonchev–Trinajstić information content (AvgIpc) is 2.67. The van der Waals surface area contributed by atoms with Crippen LogP contribution in [0.2, 0.25) is 0 Å². The van der Waals surface area contributed by atoms with E-state index in [0.29, 0.717) is 18.0 Å². The Hall–Kier alpha value is -2.33. The Morgan fingerprint density at radius 3 is 2.13 bits per heavy atom. The summed E-state index contributed by atoms with van der Waals surface area (Å²) in [5.74, 6) is 0.0896. The predicted molar refractivity (Wildman–Crippen MR) is 123 cm³/mol. The van der Waals surface area contributed by atoms with E-state index in [1.807, 2.05) is 24.3 Å². The van der Waals surface area contributed by atoms with E-state index in [-0.39, 0.29) is 0 Å². The van der Waals surface area contributed by atoms with E-state index in [4.69, 9.17) is 9.47 Å². The normalized spacial score (nSPS) is 13.1. The molecule has 0 radical (unpaired) electrons. The molecule has 0 aromatic heterocycles. The predicted octanol–water partition coefficient (Wildman–Crippen LogP) is 4.08. The number of halogens is 1. The van der Waals surface area contributed by atoms with Crippen LogP contribution in [0.25, 0.3) is 0 Å². The molecule has 1 atom stereocenters. The van der Waals surface area contributed by atoms with Gasteiger partial charge in [-0.1, -0.05) is 12.1 Å². The molecule has 2 amide bonds. The minimum atomic E-state index is -1.54. The van der Waals surface area contributed by atoms with Crippen LogP contribution in [0.4, 0.5) is 10.5 Å². The number of nitrogens with one attached hydrogen (secondary N) is 2. The van der Waals surface area contributed by atoms with Crippen LogP contribution in [0.1, 0.15) is 33.3 Å². The maximum absolute atomic E-state index is 12.6. The summed E-state index contributed by atoms with van der Waals surface area (Å²) in [6.07, 6.45) is -0.784. The van der Waals surface area contributed by atoms with Crippen molar-refractivity contribution in [3.05, 3.63) is 57.7 Å². The van der Waals surface area contributed by atoms with Gasteiger partial charge in [0.25, 0.3) is 5.91 Å². The summed E-state index contributed by atoms with van der Waals surface area (Å²) in [6.45, 7) is 6.41. The highest BCUT2D eigenvalue weighted by Gasteiger charge is 2.36. The summed E-state index contributed by atoms with van der Waals surface area (Å²) >= 11 is 2.25. The van der Waals surface area contributed by atoms with Gasteiger partial charge in [-0.15, -0.1) is 0 Å². The molecule has 30 heavy (non-hydrogen) atoms. The van der Waals surface area contributed by atoms with Crippen molar-refractivity contribution in [3.8, 4) is 5.75 Å². The van der Waals surface area contributed by atoms with Crippen LogP contribution < -0.4 is 15.4 Å². The lowest BCUT2D eigenvalue weighted by molar-refractivity contribution is -0.123. The van der Waals surface area contributed by atoms with Gasteiger partial charge < -0.3 is 25.2 Å². The summed E-state index contributed by atoms with van der Waals surface area (Å²) in [5.41, 5.74) is -0.695. The first-order valence-corrected chi connectivity index (χ1v) is 10.5. The Morgan fingerprint density at radius 1 is 1.00 bits per heavy atom. The first kappa shape index (κ1) is 23.9. The average molecular weight is 526 g/mol. The number of rotatable bonds is 7. The van der Waals surface area contributed by atoms with E-state index in [2.05, 4.69) is 33.2 Å². The summed E-state index contributed by atoms with van der Waals surface area (Å²) in [7, 11) is 0. The Balaban J connectivity index is 1.94. The Kier molecular flexibility index (Phi) is 8.08. The van der Waals surface area contributed by atoms with Crippen molar-refractivity contribution < 1.29 is 24.2 Å². The number of benzene rings is 2. The van der Waals surface area contributed by atoms with Gasteiger partial charge in [-0.05, 0) is 92.2 Å². The van der Waals surface area contributed by atoms with Crippen molar-refractivity contribution >= 4 is 40.3 Å². The van der Waals surface area contributed by atoms with Crippen molar-refractivity contribution in [3.63, 3.8) is 0 Å². The van der Waals surface area contributed by atoms with Gasteiger partial charge >= 0.3 is 6.09 Å². The quantitative estimate of drug-likeness (QED) is 0.473. The molecule has 0 fully saturated rings. The second-order valence-electron chi connectivity index (χ2n) is 8.01. The largest absolute Gasteiger partial charge is 0.489 e. The number of carbonyl (C=O) groups excluding carboxylic acids is 2. The fourth-order valence-corrected chi connectivity index (χ4v) is 2.71. The Bertz CT molecular complexity index is 863. The highest BCUT2D eigenvalue weighted by Crippen LogP contribution is 2.19. The molecule has 0 aliphatic heterocycles. The number of carbonyl (C=O) groups is 2. The molecule has 2 aromatic carbocycles. The molecule has 162 valence electrons. The van der Waals surface area contributed by atoms with E-state index >= 15 is 0 Å². The van der Waals surface area contributed by atoms with Crippen LogP contribution in [0, 0.1) is 3.57 Å². The van der Waals surface area contributed by atoms with Crippen molar-refractivity contribution in [2.75, 3.05) is 11.9 Å². The number of alkyl carbamates (subject to hydrolysis) is 1. The van der Waals surface area contributed by atoms with Crippen LogP contribution >= 0.6 is 22.6 Å². The zero-order chi connectivity index (χ0) is 22.4. The van der Waals surface area contributed by atoms with Crippen molar-refractivity contribution in [2.45, 2.75) is 45.4 Å². The van der Waals surface area contributed by atoms with Crippen LogP contribution in [0.5, 0.6) is 5.75 Å². The second kappa shape index (κ2) is 10.1. The van der Waals surface area contributed by atoms with Crippen molar-refractivity contribution in [1.82, 2.24) is 5.32 Å². The fourth-order valence-electron chi connectivity index (χ4n) is 2.35. The molecule has 1 unspecified atom stereocenters. The minimum absolute atomic E-state index is 0.436.